The van der Waals surface area contributed by atoms with Gasteiger partial charge in [-0.2, -0.15) is 0 Å². The van der Waals surface area contributed by atoms with Crippen LogP contribution in [0.2, 0.25) is 5.02 Å². The van der Waals surface area contributed by atoms with Crippen molar-refractivity contribution in [2.45, 2.75) is 12.6 Å². The number of hydrogen-bond acceptors (Lipinski definition) is 3. The Balaban J connectivity index is 1.90. The summed E-state index contributed by atoms with van der Waals surface area (Å²) in [6.07, 6.45) is 0. The van der Waals surface area contributed by atoms with E-state index in [4.69, 9.17) is 16.7 Å². The molecule has 1 aromatic rings. The first-order chi connectivity index (χ1) is 9.08. The van der Waals surface area contributed by atoms with Crippen LogP contribution in [-0.2, 0) is 11.3 Å². The monoisotopic (exact) mass is 300 g/mol. The highest BCUT2D eigenvalue weighted by atomic mass is 35.5. The van der Waals surface area contributed by atoms with Crippen molar-refractivity contribution in [3.63, 3.8) is 0 Å². The third kappa shape index (κ3) is 3.54. The average Bonchev–Trinajstić information content (AvgIpc) is 2.87. The zero-order chi connectivity index (χ0) is 13.8. The Morgan fingerprint density at radius 3 is 2.74 bits per heavy atom. The summed E-state index contributed by atoms with van der Waals surface area (Å²) in [6, 6.07) is 6.03. The summed E-state index contributed by atoms with van der Waals surface area (Å²) in [6.45, 7) is 0.351. The normalized spacial score (nSPS) is 18.4. The Labute approximate surface area is 119 Å². The van der Waals surface area contributed by atoms with Gasteiger partial charge >= 0.3 is 12.0 Å². The number of nitrogens with one attached hydrogen (secondary N) is 1. The highest BCUT2D eigenvalue weighted by Crippen LogP contribution is 2.21. The number of carboxylic acids is 1. The highest BCUT2D eigenvalue weighted by Gasteiger charge is 2.34. The molecular weight excluding hydrogens is 288 g/mol. The molecule has 1 aromatic carbocycles. The van der Waals surface area contributed by atoms with Crippen LogP contribution < -0.4 is 5.32 Å². The lowest BCUT2D eigenvalue weighted by Crippen LogP contribution is -2.46. The molecule has 2 amide bonds. The number of carbonyl (C=O) groups excluding carboxylic acids is 1. The van der Waals surface area contributed by atoms with Crippen molar-refractivity contribution in [3.8, 4) is 0 Å². The predicted molar refractivity (Wildman–Crippen MR) is 74.3 cm³/mol. The second-order valence-corrected chi connectivity index (χ2v) is 5.55. The molecule has 102 valence electrons. The summed E-state index contributed by atoms with van der Waals surface area (Å²) in [5.41, 5.74) is 0.913. The third-order valence-electron chi connectivity index (χ3n) is 2.79. The lowest BCUT2D eigenvalue weighted by molar-refractivity contribution is -0.140. The fourth-order valence-corrected chi connectivity index (χ4v) is 3.00. The molecule has 1 aliphatic heterocycles. The summed E-state index contributed by atoms with van der Waals surface area (Å²) >= 11 is 7.21. The zero-order valence-corrected chi connectivity index (χ0v) is 11.6. The number of benzene rings is 1. The van der Waals surface area contributed by atoms with Crippen LogP contribution >= 0.6 is 23.4 Å². The number of carboxylic acid groups (broad SMARTS) is 1. The molecule has 0 unspecified atom stereocenters. The molecule has 1 fully saturated rings. The maximum atomic E-state index is 11.9. The molecule has 0 radical (unpaired) electrons. The molecule has 2 N–H and O–H groups in total. The predicted octanol–water partition coefficient (Wildman–Crippen LogP) is 2.01. The van der Waals surface area contributed by atoms with Gasteiger partial charge in [0.2, 0.25) is 0 Å². The SMILES string of the molecule is O=C(O)[C@@H]1CSCN1C(=O)NCc1ccc(Cl)cc1. The van der Waals surface area contributed by atoms with Crippen molar-refractivity contribution >= 4 is 35.4 Å². The summed E-state index contributed by atoms with van der Waals surface area (Å²) in [5.74, 6) is -0.126. The van der Waals surface area contributed by atoms with Crippen LogP contribution in [0.1, 0.15) is 5.56 Å². The number of hydrogen-bond donors (Lipinski definition) is 2. The van der Waals surface area contributed by atoms with Gasteiger partial charge in [-0.1, -0.05) is 23.7 Å². The van der Waals surface area contributed by atoms with E-state index in [0.29, 0.717) is 23.2 Å². The lowest BCUT2D eigenvalue weighted by atomic mass is 10.2. The Morgan fingerprint density at radius 2 is 2.11 bits per heavy atom. The molecule has 1 atom stereocenters. The smallest absolute Gasteiger partial charge is 0.327 e. The van der Waals surface area contributed by atoms with Crippen LogP contribution in [0.15, 0.2) is 24.3 Å². The molecule has 0 bridgehead atoms. The number of aliphatic carboxylic acids is 1. The van der Waals surface area contributed by atoms with Crippen LogP contribution in [0.5, 0.6) is 0 Å². The molecule has 1 heterocycles. The first kappa shape index (κ1) is 14.0. The number of thioether (sulfide) groups is 1. The minimum atomic E-state index is -0.966. The van der Waals surface area contributed by atoms with E-state index < -0.39 is 12.0 Å². The van der Waals surface area contributed by atoms with E-state index in [0.717, 1.165) is 5.56 Å². The Hall–Kier alpha value is -1.40. The third-order valence-corrected chi connectivity index (χ3v) is 4.05. The van der Waals surface area contributed by atoms with Gasteiger partial charge in [0.25, 0.3) is 0 Å². The van der Waals surface area contributed by atoms with Crippen LogP contribution in [0.3, 0.4) is 0 Å². The lowest BCUT2D eigenvalue weighted by Gasteiger charge is -2.20. The van der Waals surface area contributed by atoms with Crippen LogP contribution in [0.25, 0.3) is 0 Å². The van der Waals surface area contributed by atoms with E-state index in [1.54, 1.807) is 12.1 Å². The second-order valence-electron chi connectivity index (χ2n) is 4.11. The van der Waals surface area contributed by atoms with E-state index in [1.807, 2.05) is 12.1 Å². The van der Waals surface area contributed by atoms with E-state index >= 15 is 0 Å². The number of amides is 2. The van der Waals surface area contributed by atoms with Crippen molar-refractivity contribution in [1.29, 1.82) is 0 Å². The molecular formula is C12H13ClN2O3S. The number of rotatable bonds is 3. The van der Waals surface area contributed by atoms with E-state index in [-0.39, 0.29) is 6.03 Å². The van der Waals surface area contributed by atoms with E-state index in [9.17, 15) is 9.59 Å². The fourth-order valence-electron chi connectivity index (χ4n) is 1.73. The number of nitrogens with zero attached hydrogens (tertiary/aromatic N) is 1. The topological polar surface area (TPSA) is 69.6 Å². The number of carbonyl (C=O) groups is 2. The Bertz CT molecular complexity index is 480. The van der Waals surface area contributed by atoms with Crippen molar-refractivity contribution in [2.75, 3.05) is 11.6 Å². The van der Waals surface area contributed by atoms with Crippen molar-refractivity contribution < 1.29 is 14.7 Å². The number of halogens is 1. The summed E-state index contributed by atoms with van der Waals surface area (Å²) in [5, 5.41) is 12.3. The van der Waals surface area contributed by atoms with Gasteiger partial charge in [-0.05, 0) is 17.7 Å². The van der Waals surface area contributed by atoms with Gasteiger partial charge in [-0.25, -0.2) is 9.59 Å². The van der Waals surface area contributed by atoms with Gasteiger partial charge < -0.3 is 15.3 Å². The van der Waals surface area contributed by atoms with Gasteiger partial charge in [0.1, 0.15) is 6.04 Å². The van der Waals surface area contributed by atoms with Crippen molar-refractivity contribution in [2.24, 2.45) is 0 Å². The maximum Gasteiger partial charge on any atom is 0.327 e. The van der Waals surface area contributed by atoms with Crippen molar-refractivity contribution in [1.82, 2.24) is 10.2 Å². The number of urea groups is 1. The van der Waals surface area contributed by atoms with E-state index in [1.165, 1.54) is 16.7 Å². The highest BCUT2D eigenvalue weighted by molar-refractivity contribution is 7.99. The molecule has 5 nitrogen and oxygen atoms in total. The summed E-state index contributed by atoms with van der Waals surface area (Å²) in [4.78, 5) is 24.2. The molecule has 2 rings (SSSR count). The molecule has 0 aliphatic carbocycles. The standard InChI is InChI=1S/C12H13ClN2O3S/c13-9-3-1-8(2-4-9)5-14-12(18)15-7-19-6-10(15)11(16)17/h1-4,10H,5-7H2,(H,14,18)(H,16,17)/t10-/m0/s1. The summed E-state index contributed by atoms with van der Waals surface area (Å²) < 4.78 is 0. The minimum Gasteiger partial charge on any atom is -0.480 e. The van der Waals surface area contributed by atoms with Gasteiger partial charge in [-0.3, -0.25) is 0 Å². The second kappa shape index (κ2) is 6.16. The molecule has 1 saturated heterocycles. The molecule has 7 heteroatoms. The molecule has 0 spiro atoms. The first-order valence-corrected chi connectivity index (χ1v) is 7.20. The van der Waals surface area contributed by atoms with Gasteiger partial charge in [0, 0.05) is 17.3 Å². The van der Waals surface area contributed by atoms with Crippen LogP contribution in [0.4, 0.5) is 4.79 Å². The zero-order valence-electron chi connectivity index (χ0n) is 10.0. The minimum absolute atomic E-state index is 0.351. The van der Waals surface area contributed by atoms with Gasteiger partial charge in [0.15, 0.2) is 0 Å². The average molecular weight is 301 g/mol. The van der Waals surface area contributed by atoms with Crippen LogP contribution in [-0.4, -0.2) is 39.7 Å². The first-order valence-electron chi connectivity index (χ1n) is 5.67. The summed E-state index contributed by atoms with van der Waals surface area (Å²) in [7, 11) is 0. The molecule has 1 aliphatic rings. The largest absolute Gasteiger partial charge is 0.480 e. The van der Waals surface area contributed by atoms with Gasteiger partial charge in [0.05, 0.1) is 5.88 Å². The Morgan fingerprint density at radius 1 is 1.42 bits per heavy atom. The maximum absolute atomic E-state index is 11.9. The Kier molecular flexibility index (Phi) is 4.55. The van der Waals surface area contributed by atoms with Gasteiger partial charge in [-0.15, -0.1) is 11.8 Å². The molecule has 0 saturated carbocycles. The van der Waals surface area contributed by atoms with E-state index in [2.05, 4.69) is 5.32 Å². The van der Waals surface area contributed by atoms with Crippen molar-refractivity contribution in [3.05, 3.63) is 34.9 Å². The quantitative estimate of drug-likeness (QED) is 0.896. The molecule has 19 heavy (non-hydrogen) atoms. The fraction of sp³-hybridized carbons (Fsp3) is 0.333. The van der Waals surface area contributed by atoms with Crippen LogP contribution in [0, 0.1) is 0 Å². The molecule has 0 aromatic heterocycles.